The molecule has 2 aromatic rings. The second kappa shape index (κ2) is 9.50. The van der Waals surface area contributed by atoms with E-state index in [1.807, 2.05) is 32.0 Å². The number of aryl methyl sites for hydroxylation is 2. The molecule has 1 saturated heterocycles. The molecule has 1 unspecified atom stereocenters. The fraction of sp³-hybridized carbons (Fsp3) is 0.462. The van der Waals surface area contributed by atoms with E-state index in [1.165, 1.54) is 17.0 Å². The second-order valence-electron chi connectivity index (χ2n) is 9.69. The van der Waals surface area contributed by atoms with E-state index in [-0.39, 0.29) is 29.9 Å². The van der Waals surface area contributed by atoms with Crippen molar-refractivity contribution in [2.75, 3.05) is 18.0 Å². The summed E-state index contributed by atoms with van der Waals surface area (Å²) in [6.07, 6.45) is 5.04. The van der Waals surface area contributed by atoms with Crippen molar-refractivity contribution in [2.45, 2.75) is 69.4 Å². The van der Waals surface area contributed by atoms with Gasteiger partial charge in [-0.3, -0.25) is 14.5 Å². The van der Waals surface area contributed by atoms with Gasteiger partial charge in [0.2, 0.25) is 21.8 Å². The van der Waals surface area contributed by atoms with Crippen LogP contribution in [0.25, 0.3) is 0 Å². The number of benzene rings is 2. The maximum Gasteiger partial charge on any atom is 0.247 e. The largest absolute Gasteiger partial charge is 0.351 e. The maximum atomic E-state index is 13.8. The molecule has 0 radical (unpaired) electrons. The molecule has 1 saturated carbocycles. The fourth-order valence-corrected chi connectivity index (χ4v) is 6.60. The lowest BCUT2D eigenvalue weighted by Crippen LogP contribution is -2.71. The summed E-state index contributed by atoms with van der Waals surface area (Å²) >= 11 is 0. The van der Waals surface area contributed by atoms with Gasteiger partial charge in [-0.2, -0.15) is 4.31 Å². The Morgan fingerprint density at radius 2 is 1.71 bits per heavy atom. The van der Waals surface area contributed by atoms with Gasteiger partial charge in [0, 0.05) is 18.3 Å². The van der Waals surface area contributed by atoms with Crippen LogP contribution in [0.15, 0.2) is 53.4 Å². The van der Waals surface area contributed by atoms with Gasteiger partial charge in [0.05, 0.1) is 11.4 Å². The van der Waals surface area contributed by atoms with E-state index in [0.29, 0.717) is 5.69 Å². The third-order valence-corrected chi connectivity index (χ3v) is 8.75. The van der Waals surface area contributed by atoms with Crippen LogP contribution in [0, 0.1) is 13.8 Å². The fourth-order valence-electron chi connectivity index (χ4n) is 5.10. The summed E-state index contributed by atoms with van der Waals surface area (Å²) in [6, 6.07) is 13.8. The van der Waals surface area contributed by atoms with Gasteiger partial charge in [0.1, 0.15) is 5.54 Å². The van der Waals surface area contributed by atoms with Gasteiger partial charge in [-0.05, 0) is 57.4 Å². The summed E-state index contributed by atoms with van der Waals surface area (Å²) < 4.78 is 28.0. The molecule has 1 aliphatic heterocycles. The highest BCUT2D eigenvalue weighted by Gasteiger charge is 2.51. The van der Waals surface area contributed by atoms with E-state index in [1.54, 1.807) is 25.1 Å². The van der Waals surface area contributed by atoms with Gasteiger partial charge in [-0.1, -0.05) is 55.2 Å². The van der Waals surface area contributed by atoms with Gasteiger partial charge in [-0.15, -0.1) is 0 Å². The number of nitrogens with zero attached hydrogens (tertiary/aromatic N) is 2. The monoisotopic (exact) mass is 483 g/mol. The average molecular weight is 484 g/mol. The zero-order chi connectivity index (χ0) is 24.5. The molecule has 1 aliphatic carbocycles. The van der Waals surface area contributed by atoms with Crippen molar-refractivity contribution in [3.05, 3.63) is 59.7 Å². The second-order valence-corrected chi connectivity index (χ2v) is 11.6. The molecule has 2 fully saturated rings. The average Bonchev–Trinajstić information content (AvgIpc) is 2.81. The van der Waals surface area contributed by atoms with Crippen LogP contribution in [0.2, 0.25) is 0 Å². The Balaban J connectivity index is 1.74. The number of piperazine rings is 1. The number of hydrogen-bond acceptors (Lipinski definition) is 4. The highest BCUT2D eigenvalue weighted by molar-refractivity contribution is 7.89. The summed E-state index contributed by atoms with van der Waals surface area (Å²) in [5.74, 6) is -0.736. The minimum absolute atomic E-state index is 0.0373. The molecular weight excluding hydrogens is 450 g/mol. The van der Waals surface area contributed by atoms with E-state index < -0.39 is 21.5 Å². The van der Waals surface area contributed by atoms with Crippen molar-refractivity contribution in [3.63, 3.8) is 0 Å². The van der Waals surface area contributed by atoms with Gasteiger partial charge >= 0.3 is 0 Å². The lowest BCUT2D eigenvalue weighted by Gasteiger charge is -2.47. The zero-order valence-electron chi connectivity index (χ0n) is 20.1. The van der Waals surface area contributed by atoms with Crippen LogP contribution in [0.1, 0.15) is 50.2 Å². The standard InChI is InChI=1S/C26H33N3O4S/c1-19-14-15-23(20(2)16-19)29-24(30)17-28(34(32,33)22-12-8-5-9-13-22)18-26(29,3)25(31)27-21-10-6-4-7-11-21/h5,8-9,12-16,21H,4,6-7,10-11,17-18H2,1-3H3,(H,27,31). The third kappa shape index (κ3) is 4.61. The summed E-state index contributed by atoms with van der Waals surface area (Å²) in [5, 5.41) is 3.14. The first-order valence-corrected chi connectivity index (χ1v) is 13.3. The highest BCUT2D eigenvalue weighted by Crippen LogP contribution is 2.34. The van der Waals surface area contributed by atoms with Gasteiger partial charge in [-0.25, -0.2) is 8.42 Å². The summed E-state index contributed by atoms with van der Waals surface area (Å²) in [4.78, 5) is 29.0. The molecule has 1 atom stereocenters. The van der Waals surface area contributed by atoms with Gasteiger partial charge in [0.25, 0.3) is 0 Å². The number of amides is 2. The van der Waals surface area contributed by atoms with Gasteiger partial charge < -0.3 is 5.32 Å². The van der Waals surface area contributed by atoms with Crippen LogP contribution >= 0.6 is 0 Å². The first-order chi connectivity index (χ1) is 16.1. The molecule has 4 rings (SSSR count). The molecule has 2 amide bonds. The molecule has 182 valence electrons. The van der Waals surface area contributed by atoms with E-state index in [0.717, 1.165) is 47.5 Å². The van der Waals surface area contributed by atoms with Crippen LogP contribution in [-0.4, -0.2) is 49.2 Å². The number of anilines is 1. The number of hydrogen-bond donors (Lipinski definition) is 1. The molecule has 0 bridgehead atoms. The summed E-state index contributed by atoms with van der Waals surface area (Å²) in [6.45, 7) is 5.10. The normalized spacial score (nSPS) is 22.6. The van der Waals surface area contributed by atoms with Crippen molar-refractivity contribution in [1.29, 1.82) is 0 Å². The number of nitrogens with one attached hydrogen (secondary N) is 1. The maximum absolute atomic E-state index is 13.8. The number of carbonyl (C=O) groups is 2. The topological polar surface area (TPSA) is 86.8 Å². The van der Waals surface area contributed by atoms with E-state index >= 15 is 0 Å². The van der Waals surface area contributed by atoms with E-state index in [2.05, 4.69) is 5.32 Å². The lowest BCUT2D eigenvalue weighted by molar-refractivity contribution is -0.133. The first kappa shape index (κ1) is 24.4. The Labute approximate surface area is 202 Å². The molecule has 2 aliphatic rings. The minimum atomic E-state index is -3.95. The molecular formula is C26H33N3O4S. The van der Waals surface area contributed by atoms with Crippen molar-refractivity contribution in [1.82, 2.24) is 9.62 Å². The van der Waals surface area contributed by atoms with Crippen LogP contribution in [0.3, 0.4) is 0 Å². The quantitative estimate of drug-likeness (QED) is 0.705. The Kier molecular flexibility index (Phi) is 6.82. The zero-order valence-corrected chi connectivity index (χ0v) is 20.9. The molecule has 0 aromatic heterocycles. The summed E-state index contributed by atoms with van der Waals surface area (Å²) in [7, 11) is -3.95. The number of rotatable bonds is 5. The lowest BCUT2D eigenvalue weighted by atomic mass is 9.90. The van der Waals surface area contributed by atoms with Crippen LogP contribution in [-0.2, 0) is 19.6 Å². The van der Waals surface area contributed by atoms with E-state index in [4.69, 9.17) is 0 Å². The number of sulfonamides is 1. The molecule has 34 heavy (non-hydrogen) atoms. The summed E-state index contributed by atoms with van der Waals surface area (Å²) in [5.41, 5.74) is 1.15. The van der Waals surface area contributed by atoms with Crippen molar-refractivity contribution in [2.24, 2.45) is 0 Å². The van der Waals surface area contributed by atoms with Crippen molar-refractivity contribution in [3.8, 4) is 0 Å². The SMILES string of the molecule is Cc1ccc(N2C(=O)CN(S(=O)(=O)c3ccccc3)CC2(C)C(=O)NC2CCCCC2)c(C)c1. The highest BCUT2D eigenvalue weighted by atomic mass is 32.2. The smallest absolute Gasteiger partial charge is 0.247 e. The van der Waals surface area contributed by atoms with Crippen LogP contribution in [0.5, 0.6) is 0 Å². The van der Waals surface area contributed by atoms with Crippen molar-refractivity contribution >= 4 is 27.5 Å². The minimum Gasteiger partial charge on any atom is -0.351 e. The Bertz CT molecular complexity index is 1180. The molecule has 2 aromatic carbocycles. The third-order valence-electron chi connectivity index (χ3n) is 6.94. The molecule has 1 N–H and O–H groups in total. The Hall–Kier alpha value is -2.71. The first-order valence-electron chi connectivity index (χ1n) is 11.9. The van der Waals surface area contributed by atoms with Crippen LogP contribution in [0.4, 0.5) is 5.69 Å². The van der Waals surface area contributed by atoms with Gasteiger partial charge in [0.15, 0.2) is 0 Å². The van der Waals surface area contributed by atoms with E-state index in [9.17, 15) is 18.0 Å². The predicted octanol–water partition coefficient (Wildman–Crippen LogP) is 3.55. The van der Waals surface area contributed by atoms with Crippen molar-refractivity contribution < 1.29 is 18.0 Å². The Morgan fingerprint density at radius 1 is 1.03 bits per heavy atom. The molecule has 1 heterocycles. The molecule has 8 heteroatoms. The van der Waals surface area contributed by atoms with Crippen LogP contribution < -0.4 is 10.2 Å². The molecule has 0 spiro atoms. The molecule has 7 nitrogen and oxygen atoms in total. The predicted molar refractivity (Wildman–Crippen MR) is 132 cm³/mol. The number of carbonyl (C=O) groups excluding carboxylic acids is 2. The Morgan fingerprint density at radius 3 is 2.35 bits per heavy atom.